The zero-order valence-corrected chi connectivity index (χ0v) is 11.5. The molecule has 0 saturated carbocycles. The van der Waals surface area contributed by atoms with Crippen LogP contribution in [0.1, 0.15) is 59.8 Å². The van der Waals surface area contributed by atoms with Gasteiger partial charge in [-0.1, -0.05) is 47.0 Å². The lowest BCUT2D eigenvalue weighted by Gasteiger charge is -2.28. The standard InChI is InChI=1S/C14H31N/c1-6-9-12(3)14(7-2)13(4)10-8-11-15-5/h12-15H,6-11H2,1-5H3. The van der Waals surface area contributed by atoms with Gasteiger partial charge in [-0.05, 0) is 44.2 Å². The third-order valence-electron chi connectivity index (χ3n) is 3.76. The molecule has 0 fully saturated rings. The molecule has 0 rings (SSSR count). The molecule has 92 valence electrons. The molecular formula is C14H31N. The average Bonchev–Trinajstić information content (AvgIpc) is 2.19. The van der Waals surface area contributed by atoms with Crippen LogP contribution in [0.3, 0.4) is 0 Å². The molecule has 0 aromatic heterocycles. The Labute approximate surface area is 97.0 Å². The van der Waals surface area contributed by atoms with E-state index in [0.717, 1.165) is 17.8 Å². The first kappa shape index (κ1) is 15.0. The normalized spacial score (nSPS) is 17.4. The monoisotopic (exact) mass is 213 g/mol. The average molecular weight is 213 g/mol. The fourth-order valence-electron chi connectivity index (χ4n) is 2.85. The van der Waals surface area contributed by atoms with Gasteiger partial charge in [0, 0.05) is 0 Å². The Morgan fingerprint density at radius 1 is 1.00 bits per heavy atom. The summed E-state index contributed by atoms with van der Waals surface area (Å²) >= 11 is 0. The molecule has 0 spiro atoms. The quantitative estimate of drug-likeness (QED) is 0.569. The number of hydrogen-bond acceptors (Lipinski definition) is 1. The summed E-state index contributed by atoms with van der Waals surface area (Å²) in [6.45, 7) is 10.7. The van der Waals surface area contributed by atoms with E-state index in [2.05, 4.69) is 33.0 Å². The Bertz CT molecular complexity index is 133. The third-order valence-corrected chi connectivity index (χ3v) is 3.76. The van der Waals surface area contributed by atoms with Crippen molar-refractivity contribution in [3.63, 3.8) is 0 Å². The molecule has 0 aliphatic rings. The van der Waals surface area contributed by atoms with Crippen LogP contribution >= 0.6 is 0 Å². The SMILES string of the molecule is CCCC(C)C(CC)C(C)CCCNC. The van der Waals surface area contributed by atoms with Crippen molar-refractivity contribution < 1.29 is 0 Å². The minimum atomic E-state index is 0.893. The largest absolute Gasteiger partial charge is 0.320 e. The van der Waals surface area contributed by atoms with Gasteiger partial charge in [0.1, 0.15) is 0 Å². The van der Waals surface area contributed by atoms with E-state index in [1.54, 1.807) is 0 Å². The van der Waals surface area contributed by atoms with Crippen molar-refractivity contribution in [2.24, 2.45) is 17.8 Å². The molecule has 0 bridgehead atoms. The Balaban J connectivity index is 3.91. The maximum atomic E-state index is 3.23. The summed E-state index contributed by atoms with van der Waals surface area (Å²) in [4.78, 5) is 0. The second-order valence-electron chi connectivity index (χ2n) is 5.06. The molecule has 0 heterocycles. The fourth-order valence-corrected chi connectivity index (χ4v) is 2.85. The van der Waals surface area contributed by atoms with E-state index >= 15 is 0 Å². The molecule has 3 atom stereocenters. The highest BCUT2D eigenvalue weighted by atomic mass is 14.8. The molecule has 15 heavy (non-hydrogen) atoms. The van der Waals surface area contributed by atoms with Gasteiger partial charge < -0.3 is 5.32 Å². The van der Waals surface area contributed by atoms with Crippen LogP contribution in [0.5, 0.6) is 0 Å². The van der Waals surface area contributed by atoms with Gasteiger partial charge in [-0.15, -0.1) is 0 Å². The Kier molecular flexibility index (Phi) is 9.18. The fraction of sp³-hybridized carbons (Fsp3) is 1.00. The molecule has 0 aliphatic carbocycles. The summed E-state index contributed by atoms with van der Waals surface area (Å²) < 4.78 is 0. The highest BCUT2D eigenvalue weighted by molar-refractivity contribution is 4.71. The van der Waals surface area contributed by atoms with Crippen LogP contribution < -0.4 is 5.32 Å². The maximum Gasteiger partial charge on any atom is -0.00518 e. The molecule has 0 aromatic carbocycles. The van der Waals surface area contributed by atoms with E-state index in [1.807, 2.05) is 7.05 Å². The van der Waals surface area contributed by atoms with Crippen LogP contribution in [0.2, 0.25) is 0 Å². The summed E-state index contributed by atoms with van der Waals surface area (Å²) in [5.74, 6) is 2.73. The molecule has 0 aliphatic heterocycles. The molecule has 1 heteroatoms. The van der Waals surface area contributed by atoms with Gasteiger partial charge in [0.05, 0.1) is 0 Å². The maximum absolute atomic E-state index is 3.23. The van der Waals surface area contributed by atoms with Crippen molar-refractivity contribution in [3.8, 4) is 0 Å². The van der Waals surface area contributed by atoms with Crippen LogP contribution in [0, 0.1) is 17.8 Å². The highest BCUT2D eigenvalue weighted by Crippen LogP contribution is 2.30. The Morgan fingerprint density at radius 3 is 2.07 bits per heavy atom. The van der Waals surface area contributed by atoms with Gasteiger partial charge in [0.25, 0.3) is 0 Å². The highest BCUT2D eigenvalue weighted by Gasteiger charge is 2.20. The van der Waals surface area contributed by atoms with E-state index in [9.17, 15) is 0 Å². The summed E-state index contributed by atoms with van der Waals surface area (Å²) in [5.41, 5.74) is 0. The molecule has 0 amide bonds. The van der Waals surface area contributed by atoms with Crippen molar-refractivity contribution in [1.82, 2.24) is 5.32 Å². The number of hydrogen-bond donors (Lipinski definition) is 1. The van der Waals surface area contributed by atoms with Crippen molar-refractivity contribution >= 4 is 0 Å². The van der Waals surface area contributed by atoms with Crippen LogP contribution in [0.4, 0.5) is 0 Å². The molecule has 0 radical (unpaired) electrons. The number of nitrogens with one attached hydrogen (secondary N) is 1. The number of rotatable bonds is 9. The molecule has 0 saturated heterocycles. The topological polar surface area (TPSA) is 12.0 Å². The lowest BCUT2D eigenvalue weighted by atomic mass is 9.77. The molecule has 1 nitrogen and oxygen atoms in total. The molecular weight excluding hydrogens is 182 g/mol. The molecule has 0 aromatic rings. The zero-order chi connectivity index (χ0) is 11.7. The second kappa shape index (κ2) is 9.21. The Hall–Kier alpha value is -0.0400. The molecule has 3 unspecified atom stereocenters. The van der Waals surface area contributed by atoms with Gasteiger partial charge in [-0.25, -0.2) is 0 Å². The van der Waals surface area contributed by atoms with Gasteiger partial charge in [0.15, 0.2) is 0 Å². The zero-order valence-electron chi connectivity index (χ0n) is 11.5. The first-order chi connectivity index (χ1) is 7.17. The summed E-state index contributed by atoms with van der Waals surface area (Å²) in [6.07, 6.45) is 6.79. The first-order valence-corrected chi connectivity index (χ1v) is 6.81. The van der Waals surface area contributed by atoms with Crippen molar-refractivity contribution in [1.29, 1.82) is 0 Å². The van der Waals surface area contributed by atoms with Crippen LogP contribution in [-0.4, -0.2) is 13.6 Å². The predicted octanol–water partition coefficient (Wildman–Crippen LogP) is 4.08. The van der Waals surface area contributed by atoms with E-state index < -0.39 is 0 Å². The first-order valence-electron chi connectivity index (χ1n) is 6.81. The lowest BCUT2D eigenvalue weighted by molar-refractivity contribution is 0.221. The van der Waals surface area contributed by atoms with Crippen LogP contribution in [-0.2, 0) is 0 Å². The second-order valence-corrected chi connectivity index (χ2v) is 5.06. The van der Waals surface area contributed by atoms with Gasteiger partial charge in [0.2, 0.25) is 0 Å². The van der Waals surface area contributed by atoms with Crippen LogP contribution in [0.15, 0.2) is 0 Å². The van der Waals surface area contributed by atoms with Gasteiger partial charge in [-0.2, -0.15) is 0 Å². The third kappa shape index (κ3) is 6.19. The van der Waals surface area contributed by atoms with E-state index in [-0.39, 0.29) is 0 Å². The van der Waals surface area contributed by atoms with Crippen molar-refractivity contribution in [3.05, 3.63) is 0 Å². The van der Waals surface area contributed by atoms with Crippen molar-refractivity contribution in [2.45, 2.75) is 59.8 Å². The van der Waals surface area contributed by atoms with E-state index in [4.69, 9.17) is 0 Å². The Morgan fingerprint density at radius 2 is 1.60 bits per heavy atom. The van der Waals surface area contributed by atoms with Crippen LogP contribution in [0.25, 0.3) is 0 Å². The predicted molar refractivity (Wildman–Crippen MR) is 70.2 cm³/mol. The van der Waals surface area contributed by atoms with E-state index in [1.165, 1.54) is 38.6 Å². The summed E-state index contributed by atoms with van der Waals surface area (Å²) in [6, 6.07) is 0. The minimum Gasteiger partial charge on any atom is -0.320 e. The van der Waals surface area contributed by atoms with E-state index in [0.29, 0.717) is 0 Å². The molecule has 1 N–H and O–H groups in total. The summed E-state index contributed by atoms with van der Waals surface area (Å²) in [7, 11) is 2.04. The van der Waals surface area contributed by atoms with Gasteiger partial charge >= 0.3 is 0 Å². The smallest absolute Gasteiger partial charge is 0.00518 e. The lowest BCUT2D eigenvalue weighted by Crippen LogP contribution is -2.20. The van der Waals surface area contributed by atoms with Crippen molar-refractivity contribution in [2.75, 3.05) is 13.6 Å². The minimum absolute atomic E-state index is 0.893. The van der Waals surface area contributed by atoms with Gasteiger partial charge in [-0.3, -0.25) is 0 Å². The summed E-state index contributed by atoms with van der Waals surface area (Å²) in [5, 5.41) is 3.23.